The van der Waals surface area contributed by atoms with E-state index in [1.54, 1.807) is 0 Å². The number of carboxylic acids is 1. The molecule has 2 fully saturated rings. The number of carboxylic acid groups (broad SMARTS) is 1. The molecule has 4 heteroatoms. The van der Waals surface area contributed by atoms with Crippen molar-refractivity contribution in [2.75, 3.05) is 6.61 Å². The minimum absolute atomic E-state index is 0.307. The number of aliphatic carboxylic acids is 1. The standard InChI is InChI=1S/C15H27NO3/c1-3-14(2)11-15(13(17)18,9-10-19-14)16-12-7-5-4-6-8-12/h12,16H,3-11H2,1-2H3,(H,17,18). The second-order valence-corrected chi connectivity index (χ2v) is 6.45. The van der Waals surface area contributed by atoms with Crippen molar-refractivity contribution in [1.29, 1.82) is 0 Å². The van der Waals surface area contributed by atoms with Crippen LogP contribution < -0.4 is 5.32 Å². The van der Waals surface area contributed by atoms with Crippen molar-refractivity contribution in [3.8, 4) is 0 Å². The van der Waals surface area contributed by atoms with Crippen molar-refractivity contribution < 1.29 is 14.6 Å². The van der Waals surface area contributed by atoms with E-state index in [2.05, 4.69) is 12.2 Å². The van der Waals surface area contributed by atoms with Crippen molar-refractivity contribution in [3.63, 3.8) is 0 Å². The van der Waals surface area contributed by atoms with Crippen molar-refractivity contribution in [2.45, 2.75) is 82.4 Å². The zero-order valence-electron chi connectivity index (χ0n) is 12.2. The van der Waals surface area contributed by atoms with E-state index in [1.165, 1.54) is 19.3 Å². The van der Waals surface area contributed by atoms with E-state index in [9.17, 15) is 9.90 Å². The summed E-state index contributed by atoms with van der Waals surface area (Å²) >= 11 is 0. The van der Waals surface area contributed by atoms with Gasteiger partial charge in [0.05, 0.1) is 5.60 Å². The van der Waals surface area contributed by atoms with Crippen LogP contribution in [0.5, 0.6) is 0 Å². The SMILES string of the molecule is CCC1(C)CC(NC2CCCCC2)(C(=O)O)CCO1. The van der Waals surface area contributed by atoms with E-state index in [4.69, 9.17) is 4.74 Å². The molecule has 2 N–H and O–H groups in total. The second-order valence-electron chi connectivity index (χ2n) is 6.45. The fourth-order valence-electron chi connectivity index (χ4n) is 3.48. The van der Waals surface area contributed by atoms with Gasteiger partial charge in [0.1, 0.15) is 5.54 Å². The lowest BCUT2D eigenvalue weighted by Crippen LogP contribution is -2.62. The molecule has 1 aliphatic carbocycles. The Morgan fingerprint density at radius 2 is 2.05 bits per heavy atom. The van der Waals surface area contributed by atoms with Crippen LogP contribution in [0.1, 0.15) is 65.2 Å². The number of carbonyl (C=O) groups is 1. The molecular weight excluding hydrogens is 242 g/mol. The van der Waals surface area contributed by atoms with E-state index in [0.29, 0.717) is 25.5 Å². The van der Waals surface area contributed by atoms with Crippen LogP contribution >= 0.6 is 0 Å². The number of rotatable bonds is 4. The molecule has 2 rings (SSSR count). The molecule has 0 aromatic heterocycles. The van der Waals surface area contributed by atoms with Crippen LogP contribution in [0.25, 0.3) is 0 Å². The molecule has 0 aromatic rings. The quantitative estimate of drug-likeness (QED) is 0.824. The molecule has 2 unspecified atom stereocenters. The third kappa shape index (κ3) is 3.29. The summed E-state index contributed by atoms with van der Waals surface area (Å²) in [7, 11) is 0. The predicted octanol–water partition coefficient (Wildman–Crippen LogP) is 2.71. The lowest BCUT2D eigenvalue weighted by atomic mass is 9.78. The molecule has 1 saturated carbocycles. The van der Waals surface area contributed by atoms with Crippen molar-refractivity contribution in [3.05, 3.63) is 0 Å². The molecule has 1 heterocycles. The molecule has 1 aliphatic heterocycles. The molecule has 0 amide bonds. The second kappa shape index (κ2) is 5.80. The highest BCUT2D eigenvalue weighted by Gasteiger charge is 2.48. The molecule has 1 saturated heterocycles. The van der Waals surface area contributed by atoms with Gasteiger partial charge in [0.2, 0.25) is 0 Å². The van der Waals surface area contributed by atoms with Crippen LogP contribution in [0, 0.1) is 0 Å². The number of hydrogen-bond acceptors (Lipinski definition) is 3. The summed E-state index contributed by atoms with van der Waals surface area (Å²) in [5.41, 5.74) is -1.09. The van der Waals surface area contributed by atoms with E-state index >= 15 is 0 Å². The topological polar surface area (TPSA) is 58.6 Å². The van der Waals surface area contributed by atoms with Gasteiger partial charge in [0.15, 0.2) is 0 Å². The Bertz CT molecular complexity index is 327. The number of nitrogens with one attached hydrogen (secondary N) is 1. The summed E-state index contributed by atoms with van der Waals surface area (Å²) in [6.45, 7) is 4.64. The van der Waals surface area contributed by atoms with Gasteiger partial charge in [0.25, 0.3) is 0 Å². The summed E-state index contributed by atoms with van der Waals surface area (Å²) in [5.74, 6) is -0.707. The van der Waals surface area contributed by atoms with Crippen LogP contribution in [-0.2, 0) is 9.53 Å². The summed E-state index contributed by atoms with van der Waals surface area (Å²) in [6, 6.07) is 0.365. The molecule has 110 valence electrons. The normalized spacial score (nSPS) is 37.2. The zero-order chi connectivity index (χ0) is 13.9. The maximum Gasteiger partial charge on any atom is 0.324 e. The van der Waals surface area contributed by atoms with Crippen LogP contribution in [0.4, 0.5) is 0 Å². The fraction of sp³-hybridized carbons (Fsp3) is 0.933. The molecule has 19 heavy (non-hydrogen) atoms. The van der Waals surface area contributed by atoms with Gasteiger partial charge in [-0.15, -0.1) is 0 Å². The van der Waals surface area contributed by atoms with E-state index in [1.807, 2.05) is 6.92 Å². The monoisotopic (exact) mass is 269 g/mol. The van der Waals surface area contributed by atoms with Crippen molar-refractivity contribution in [2.24, 2.45) is 0 Å². The largest absolute Gasteiger partial charge is 0.480 e. The summed E-state index contributed by atoms with van der Waals surface area (Å²) in [6.07, 6.45) is 7.94. The molecular formula is C15H27NO3. The highest BCUT2D eigenvalue weighted by molar-refractivity contribution is 5.79. The lowest BCUT2D eigenvalue weighted by Gasteiger charge is -2.46. The molecule has 4 nitrogen and oxygen atoms in total. The van der Waals surface area contributed by atoms with Gasteiger partial charge in [-0.3, -0.25) is 10.1 Å². The minimum Gasteiger partial charge on any atom is -0.480 e. The Balaban J connectivity index is 2.10. The first kappa shape index (κ1) is 14.8. The average molecular weight is 269 g/mol. The molecule has 0 spiro atoms. The highest BCUT2D eigenvalue weighted by Crippen LogP contribution is 2.36. The summed E-state index contributed by atoms with van der Waals surface area (Å²) in [5, 5.41) is 13.2. The fourth-order valence-corrected chi connectivity index (χ4v) is 3.48. The Kier molecular flexibility index (Phi) is 4.51. The lowest BCUT2D eigenvalue weighted by molar-refractivity contribution is -0.161. The van der Waals surface area contributed by atoms with Gasteiger partial charge in [0, 0.05) is 19.1 Å². The third-order valence-electron chi connectivity index (χ3n) is 4.90. The summed E-state index contributed by atoms with van der Waals surface area (Å²) < 4.78 is 5.81. The Morgan fingerprint density at radius 1 is 1.37 bits per heavy atom. The molecule has 2 atom stereocenters. The van der Waals surface area contributed by atoms with E-state index < -0.39 is 11.5 Å². The molecule has 2 aliphatic rings. The Hall–Kier alpha value is -0.610. The van der Waals surface area contributed by atoms with Crippen molar-refractivity contribution >= 4 is 5.97 Å². The maximum absolute atomic E-state index is 11.8. The number of ether oxygens (including phenoxy) is 1. The smallest absolute Gasteiger partial charge is 0.324 e. The first-order valence-electron chi connectivity index (χ1n) is 7.65. The van der Waals surface area contributed by atoms with Gasteiger partial charge in [-0.1, -0.05) is 26.2 Å². The third-order valence-corrected chi connectivity index (χ3v) is 4.90. The van der Waals surface area contributed by atoms with Gasteiger partial charge >= 0.3 is 5.97 Å². The minimum atomic E-state index is -0.787. The number of hydrogen-bond donors (Lipinski definition) is 2. The summed E-state index contributed by atoms with van der Waals surface area (Å²) in [4.78, 5) is 11.8. The first-order chi connectivity index (χ1) is 9.00. The van der Waals surface area contributed by atoms with E-state index in [0.717, 1.165) is 19.3 Å². The highest BCUT2D eigenvalue weighted by atomic mass is 16.5. The van der Waals surface area contributed by atoms with Crippen molar-refractivity contribution in [1.82, 2.24) is 5.32 Å². The van der Waals surface area contributed by atoms with E-state index in [-0.39, 0.29) is 5.60 Å². The molecule has 0 radical (unpaired) electrons. The Morgan fingerprint density at radius 3 is 2.63 bits per heavy atom. The van der Waals surface area contributed by atoms with Crippen LogP contribution in [-0.4, -0.2) is 34.9 Å². The van der Waals surface area contributed by atoms with Gasteiger partial charge in [-0.2, -0.15) is 0 Å². The predicted molar refractivity (Wildman–Crippen MR) is 74.3 cm³/mol. The van der Waals surface area contributed by atoms with Gasteiger partial charge in [-0.25, -0.2) is 0 Å². The van der Waals surface area contributed by atoms with Crippen LogP contribution in [0.3, 0.4) is 0 Å². The Labute approximate surface area is 115 Å². The average Bonchev–Trinajstić information content (AvgIpc) is 2.40. The molecule has 0 aromatic carbocycles. The van der Waals surface area contributed by atoms with Gasteiger partial charge < -0.3 is 9.84 Å². The maximum atomic E-state index is 11.8. The molecule has 0 bridgehead atoms. The zero-order valence-corrected chi connectivity index (χ0v) is 12.2. The van der Waals surface area contributed by atoms with Crippen LogP contribution in [0.2, 0.25) is 0 Å². The van der Waals surface area contributed by atoms with Gasteiger partial charge in [-0.05, 0) is 32.6 Å². The first-order valence-corrected chi connectivity index (χ1v) is 7.65. The van der Waals surface area contributed by atoms with Crippen LogP contribution in [0.15, 0.2) is 0 Å².